The van der Waals surface area contributed by atoms with Gasteiger partial charge in [0.05, 0.1) is 6.10 Å². The van der Waals surface area contributed by atoms with Crippen molar-refractivity contribution < 1.29 is 33.0 Å². The summed E-state index contributed by atoms with van der Waals surface area (Å²) in [5, 5.41) is 17.1. The Bertz CT molecular complexity index is 378. The number of aliphatic hydroxyl groups is 1. The van der Waals surface area contributed by atoms with E-state index in [0.717, 1.165) is 0 Å². The first-order valence-corrected chi connectivity index (χ1v) is 6.01. The summed E-state index contributed by atoms with van der Waals surface area (Å²) in [6.07, 6.45) is -3.60. The van der Waals surface area contributed by atoms with E-state index in [9.17, 15) is 18.0 Å². The fraction of sp³-hybridized carbons (Fsp3) is 0.714. The molecule has 17 heavy (non-hydrogen) atoms. The predicted octanol–water partition coefficient (Wildman–Crippen LogP) is -1.60. The maximum absolute atomic E-state index is 11.1. The van der Waals surface area contributed by atoms with Crippen LogP contribution in [-0.2, 0) is 19.7 Å². The van der Waals surface area contributed by atoms with Crippen LogP contribution < -0.4 is 9.44 Å². The van der Waals surface area contributed by atoms with E-state index in [-0.39, 0.29) is 0 Å². The molecule has 9 nitrogen and oxygen atoms in total. The molecule has 1 atom stereocenters. The maximum Gasteiger partial charge on any atom is 0.422 e. The summed E-state index contributed by atoms with van der Waals surface area (Å²) in [4.78, 5) is 21.1. The van der Waals surface area contributed by atoms with Gasteiger partial charge >= 0.3 is 22.3 Å². The molecule has 100 valence electrons. The number of nitrogens with one attached hydrogen (secondary N) is 2. The van der Waals surface area contributed by atoms with Crippen LogP contribution in [0.15, 0.2) is 0 Å². The molecule has 4 N–H and O–H groups in total. The molecule has 0 heterocycles. The molecule has 0 aromatic heterocycles. The number of carbonyl (C=O) groups is 2. The number of carbonyl (C=O) groups excluding carboxylic acids is 1. The Hall–Kier alpha value is -1.39. The van der Waals surface area contributed by atoms with Crippen molar-refractivity contribution >= 4 is 22.3 Å². The lowest BCUT2D eigenvalue weighted by molar-refractivity contribution is -0.146. The molecule has 0 spiro atoms. The van der Waals surface area contributed by atoms with Gasteiger partial charge in [-0.15, -0.1) is 0 Å². The zero-order valence-corrected chi connectivity index (χ0v) is 10.0. The third-order valence-electron chi connectivity index (χ3n) is 1.31. The Morgan fingerprint density at radius 1 is 1.35 bits per heavy atom. The van der Waals surface area contributed by atoms with Crippen molar-refractivity contribution in [2.75, 3.05) is 6.54 Å². The maximum atomic E-state index is 11.1. The van der Waals surface area contributed by atoms with Crippen LogP contribution in [0.25, 0.3) is 0 Å². The lowest BCUT2D eigenvalue weighted by Crippen LogP contribution is -2.45. The van der Waals surface area contributed by atoms with E-state index in [1.807, 2.05) is 0 Å². The van der Waals surface area contributed by atoms with Crippen molar-refractivity contribution in [3.8, 4) is 0 Å². The molecular weight excluding hydrogens is 256 g/mol. The number of aliphatic hydroxyl groups excluding tert-OH is 1. The molecule has 0 saturated heterocycles. The highest BCUT2D eigenvalue weighted by Gasteiger charge is 2.20. The van der Waals surface area contributed by atoms with Crippen LogP contribution in [0, 0.1) is 0 Å². The number of rotatable bonds is 6. The lowest BCUT2D eigenvalue weighted by atomic mass is 10.4. The van der Waals surface area contributed by atoms with Crippen molar-refractivity contribution in [2.24, 2.45) is 0 Å². The summed E-state index contributed by atoms with van der Waals surface area (Å²) < 4.78 is 29.9. The van der Waals surface area contributed by atoms with Gasteiger partial charge in [-0.05, 0) is 13.8 Å². The number of ether oxygens (including phenoxy) is 1. The second kappa shape index (κ2) is 6.37. The standard InChI is InChI=1S/C7H14N2O7S/c1-4(2)16-7(13)9-17(14,15)8-3-5(10)6(11)12/h4-5,8,10H,3H2,1-2H3,(H,9,13)(H,11,12). The van der Waals surface area contributed by atoms with E-state index >= 15 is 0 Å². The van der Waals surface area contributed by atoms with Crippen LogP contribution in [0.2, 0.25) is 0 Å². The van der Waals surface area contributed by atoms with Gasteiger partial charge in [-0.25, -0.2) is 14.3 Å². The molecular formula is C7H14N2O7S. The summed E-state index contributed by atoms with van der Waals surface area (Å²) in [7, 11) is -4.25. The van der Waals surface area contributed by atoms with Crippen LogP contribution >= 0.6 is 0 Å². The summed E-state index contributed by atoms with van der Waals surface area (Å²) in [5.41, 5.74) is 0. The van der Waals surface area contributed by atoms with Crippen LogP contribution in [0.4, 0.5) is 4.79 Å². The monoisotopic (exact) mass is 270 g/mol. The number of hydrogen-bond acceptors (Lipinski definition) is 6. The van der Waals surface area contributed by atoms with Gasteiger partial charge < -0.3 is 14.9 Å². The molecule has 0 aromatic carbocycles. The Kier molecular flexibility index (Phi) is 5.85. The molecule has 0 aliphatic heterocycles. The largest absolute Gasteiger partial charge is 0.479 e. The minimum Gasteiger partial charge on any atom is -0.479 e. The van der Waals surface area contributed by atoms with E-state index in [2.05, 4.69) is 4.74 Å². The van der Waals surface area contributed by atoms with E-state index in [0.29, 0.717) is 0 Å². The van der Waals surface area contributed by atoms with Crippen molar-refractivity contribution in [3.63, 3.8) is 0 Å². The van der Waals surface area contributed by atoms with E-state index in [4.69, 9.17) is 10.2 Å². The Balaban J connectivity index is 4.22. The first-order valence-electron chi connectivity index (χ1n) is 4.53. The summed E-state index contributed by atoms with van der Waals surface area (Å²) >= 11 is 0. The molecule has 0 fully saturated rings. The van der Waals surface area contributed by atoms with E-state index in [1.54, 1.807) is 4.72 Å². The minimum atomic E-state index is -4.25. The van der Waals surface area contributed by atoms with Gasteiger partial charge in [-0.3, -0.25) is 0 Å². The Morgan fingerprint density at radius 2 is 1.88 bits per heavy atom. The third kappa shape index (κ3) is 7.49. The average molecular weight is 270 g/mol. The molecule has 0 aromatic rings. The first-order chi connectivity index (χ1) is 7.64. The fourth-order valence-electron chi connectivity index (χ4n) is 0.660. The molecule has 1 amide bonds. The molecule has 0 radical (unpaired) electrons. The van der Waals surface area contributed by atoms with Crippen molar-refractivity contribution in [1.82, 2.24) is 9.44 Å². The summed E-state index contributed by atoms with van der Waals surface area (Å²) in [6, 6.07) is 0. The molecule has 0 saturated carbocycles. The molecule has 0 rings (SSSR count). The van der Waals surface area contributed by atoms with Gasteiger partial charge in [-0.1, -0.05) is 0 Å². The fourth-order valence-corrected chi connectivity index (χ4v) is 1.38. The molecule has 0 aliphatic rings. The number of hydrogen-bond donors (Lipinski definition) is 4. The molecule has 0 bridgehead atoms. The molecule has 0 aliphatic carbocycles. The van der Waals surface area contributed by atoms with Gasteiger partial charge in [0.25, 0.3) is 0 Å². The quantitative estimate of drug-likeness (QED) is 0.455. The van der Waals surface area contributed by atoms with Crippen LogP contribution in [0.5, 0.6) is 0 Å². The smallest absolute Gasteiger partial charge is 0.422 e. The number of amides is 1. The predicted molar refractivity (Wildman–Crippen MR) is 55.3 cm³/mol. The van der Waals surface area contributed by atoms with Gasteiger partial charge in [0, 0.05) is 6.54 Å². The van der Waals surface area contributed by atoms with Crippen molar-refractivity contribution in [2.45, 2.75) is 26.1 Å². The zero-order chi connectivity index (χ0) is 13.6. The lowest BCUT2D eigenvalue weighted by Gasteiger charge is -2.11. The second-order valence-electron chi connectivity index (χ2n) is 3.26. The van der Waals surface area contributed by atoms with Gasteiger partial charge in [0.2, 0.25) is 0 Å². The number of carboxylic acids is 1. The van der Waals surface area contributed by atoms with Gasteiger partial charge in [-0.2, -0.15) is 13.1 Å². The highest BCUT2D eigenvalue weighted by Crippen LogP contribution is 1.90. The number of carboxylic acid groups (broad SMARTS) is 1. The topological polar surface area (TPSA) is 142 Å². The molecule has 10 heteroatoms. The van der Waals surface area contributed by atoms with Crippen molar-refractivity contribution in [1.29, 1.82) is 0 Å². The van der Waals surface area contributed by atoms with Gasteiger partial charge in [0.1, 0.15) is 0 Å². The van der Waals surface area contributed by atoms with Gasteiger partial charge in [0.15, 0.2) is 6.10 Å². The zero-order valence-electron chi connectivity index (χ0n) is 9.21. The second-order valence-corrected chi connectivity index (χ2v) is 4.76. The van der Waals surface area contributed by atoms with Crippen LogP contribution in [0.1, 0.15) is 13.8 Å². The van der Waals surface area contributed by atoms with Crippen LogP contribution in [-0.4, -0.2) is 49.4 Å². The first kappa shape index (κ1) is 15.6. The van der Waals surface area contributed by atoms with Crippen LogP contribution in [0.3, 0.4) is 0 Å². The Labute approximate surface area is 97.9 Å². The third-order valence-corrected chi connectivity index (χ3v) is 2.29. The highest BCUT2D eigenvalue weighted by molar-refractivity contribution is 7.88. The summed E-state index contributed by atoms with van der Waals surface area (Å²) in [5.74, 6) is -1.59. The minimum absolute atomic E-state index is 0.505. The average Bonchev–Trinajstić information content (AvgIpc) is 2.11. The van der Waals surface area contributed by atoms with Crippen molar-refractivity contribution in [3.05, 3.63) is 0 Å². The van der Waals surface area contributed by atoms with E-state index < -0.39 is 41.0 Å². The molecule has 1 unspecified atom stereocenters. The number of aliphatic carboxylic acids is 1. The SMILES string of the molecule is CC(C)OC(=O)NS(=O)(=O)NCC(O)C(=O)O. The van der Waals surface area contributed by atoms with E-state index in [1.165, 1.54) is 18.6 Å². The Morgan fingerprint density at radius 3 is 2.29 bits per heavy atom. The summed E-state index contributed by atoms with van der Waals surface area (Å²) in [6.45, 7) is 2.28. The normalized spacial score (nSPS) is 13.2. The highest BCUT2D eigenvalue weighted by atomic mass is 32.2.